The lowest BCUT2D eigenvalue weighted by Gasteiger charge is -2.41. The first-order chi connectivity index (χ1) is 24.4. The molecule has 0 N–H and O–H groups in total. The summed E-state index contributed by atoms with van der Waals surface area (Å²) < 4.78 is 52.1. The van der Waals surface area contributed by atoms with Gasteiger partial charge in [-0.25, -0.2) is 13.6 Å². The number of likely N-dealkylation sites (tertiary alicyclic amines) is 1. The molecular weight excluding hydrogens is 660 g/mol. The summed E-state index contributed by atoms with van der Waals surface area (Å²) in [5.74, 6) is -2.34. The number of hydrogen-bond donors (Lipinski definition) is 0. The number of piperidine rings is 1. The lowest BCUT2D eigenvalue weighted by Crippen LogP contribution is -2.51. The lowest BCUT2D eigenvalue weighted by atomic mass is 9.78. The second kappa shape index (κ2) is 14.9. The number of methoxy groups -OCH3 is 2. The molecule has 2 heterocycles. The van der Waals surface area contributed by atoms with Crippen LogP contribution in [-0.4, -0.2) is 81.5 Å². The Kier molecular flexibility index (Phi) is 10.5. The summed E-state index contributed by atoms with van der Waals surface area (Å²) in [6, 6.07) is 14.6. The van der Waals surface area contributed by atoms with Gasteiger partial charge in [-0.2, -0.15) is 0 Å². The van der Waals surface area contributed by atoms with E-state index in [2.05, 4.69) is 0 Å². The standard InChI is InChI=1S/C39H45F2N3O7/c1-39(2,3)51-38(47)42-16-14-29(24-8-6-9-25(18-24)36-31(40)20-28(49-5)21-32(36)41)30(22-42)37(46)44(26-10-11-26)27-12-13-34-33(19-27)43(15-7-17-48-4)35(45)23-50-34/h6,8-9,12-13,18-21,26,29-30H,7,10-11,14-17,22-23H2,1-5H3/t29-,30+/m1/s1. The Bertz CT molecular complexity index is 1770. The number of anilines is 2. The van der Waals surface area contributed by atoms with Gasteiger partial charge in [0.05, 0.1) is 24.3 Å². The van der Waals surface area contributed by atoms with Gasteiger partial charge in [-0.15, -0.1) is 0 Å². The highest BCUT2D eigenvalue weighted by molar-refractivity contribution is 6.01. The number of halogens is 2. The van der Waals surface area contributed by atoms with E-state index in [0.717, 1.165) is 30.5 Å². The predicted molar refractivity (Wildman–Crippen MR) is 188 cm³/mol. The molecule has 3 aromatic rings. The van der Waals surface area contributed by atoms with Crippen molar-refractivity contribution in [3.05, 3.63) is 71.8 Å². The molecule has 3 aromatic carbocycles. The molecule has 2 aliphatic heterocycles. The second-order valence-corrected chi connectivity index (χ2v) is 14.3. The van der Waals surface area contributed by atoms with Gasteiger partial charge in [0.1, 0.15) is 28.7 Å². The number of rotatable bonds is 10. The van der Waals surface area contributed by atoms with E-state index in [1.807, 2.05) is 18.2 Å². The van der Waals surface area contributed by atoms with Gasteiger partial charge < -0.3 is 33.6 Å². The van der Waals surface area contributed by atoms with Crippen LogP contribution in [0.2, 0.25) is 0 Å². The molecular formula is C39H45F2N3O7. The summed E-state index contributed by atoms with van der Waals surface area (Å²) in [5, 5.41) is 0. The van der Waals surface area contributed by atoms with Crippen molar-refractivity contribution in [2.45, 2.75) is 64.0 Å². The third-order valence-corrected chi connectivity index (χ3v) is 9.48. The number of ether oxygens (including phenoxy) is 4. The maximum atomic E-state index is 15.2. The van der Waals surface area contributed by atoms with Gasteiger partial charge in [-0.1, -0.05) is 24.3 Å². The topological polar surface area (TPSA) is 97.9 Å². The third-order valence-electron chi connectivity index (χ3n) is 9.48. The highest BCUT2D eigenvalue weighted by atomic mass is 19.1. The fourth-order valence-corrected chi connectivity index (χ4v) is 6.94. The van der Waals surface area contributed by atoms with Crippen molar-refractivity contribution in [2.75, 3.05) is 56.9 Å². The summed E-state index contributed by atoms with van der Waals surface area (Å²) in [7, 11) is 2.96. The van der Waals surface area contributed by atoms with Crippen LogP contribution in [0.3, 0.4) is 0 Å². The number of amides is 3. The SMILES string of the molecule is COCCCN1C(=O)COc2ccc(N(C(=O)[C@H]3CN(C(=O)OC(C)(C)C)CC[C@@H]3c3cccc(-c4c(F)cc(OC)cc4F)c3)C3CC3)cc21. The van der Waals surface area contributed by atoms with Crippen LogP contribution in [0, 0.1) is 17.6 Å². The monoisotopic (exact) mass is 705 g/mol. The van der Waals surface area contributed by atoms with E-state index in [-0.39, 0.29) is 48.2 Å². The summed E-state index contributed by atoms with van der Waals surface area (Å²) in [5.41, 5.74) is 1.36. The van der Waals surface area contributed by atoms with Crippen molar-refractivity contribution in [1.82, 2.24) is 4.90 Å². The summed E-state index contributed by atoms with van der Waals surface area (Å²) in [6.07, 6.45) is 2.14. The highest BCUT2D eigenvalue weighted by Gasteiger charge is 2.44. The molecule has 0 aromatic heterocycles. The van der Waals surface area contributed by atoms with E-state index in [9.17, 15) is 14.4 Å². The number of nitrogens with zero attached hydrogens (tertiary/aromatic N) is 3. The molecule has 1 saturated heterocycles. The van der Waals surface area contributed by atoms with E-state index >= 15 is 8.78 Å². The first kappa shape index (κ1) is 36.1. The van der Waals surface area contributed by atoms with Crippen LogP contribution >= 0.6 is 0 Å². The predicted octanol–water partition coefficient (Wildman–Crippen LogP) is 6.94. The Labute approximate surface area is 297 Å². The van der Waals surface area contributed by atoms with E-state index in [4.69, 9.17) is 18.9 Å². The zero-order valence-electron chi connectivity index (χ0n) is 29.7. The molecule has 0 radical (unpaired) electrons. The van der Waals surface area contributed by atoms with Gasteiger partial charge in [0.15, 0.2) is 6.61 Å². The van der Waals surface area contributed by atoms with Gasteiger partial charge in [0, 0.05) is 57.2 Å². The minimum absolute atomic E-state index is 0.0657. The molecule has 3 amide bonds. The van der Waals surface area contributed by atoms with Crippen LogP contribution in [0.4, 0.5) is 25.0 Å². The van der Waals surface area contributed by atoms with Crippen molar-refractivity contribution in [2.24, 2.45) is 5.92 Å². The number of benzene rings is 3. The molecule has 1 aliphatic carbocycles. The molecule has 0 bridgehead atoms. The van der Waals surface area contributed by atoms with Gasteiger partial charge in [-0.05, 0) is 81.7 Å². The Balaban J connectivity index is 1.37. The normalized spacial score (nSPS) is 18.9. The average molecular weight is 706 g/mol. The van der Waals surface area contributed by atoms with E-state index in [1.54, 1.807) is 66.8 Å². The minimum Gasteiger partial charge on any atom is -0.497 e. The number of carbonyl (C=O) groups excluding carboxylic acids is 3. The average Bonchev–Trinajstić information content (AvgIpc) is 3.93. The molecule has 0 spiro atoms. The quantitative estimate of drug-likeness (QED) is 0.211. The maximum Gasteiger partial charge on any atom is 0.410 e. The van der Waals surface area contributed by atoms with Crippen molar-refractivity contribution in [1.29, 1.82) is 0 Å². The van der Waals surface area contributed by atoms with Crippen molar-refractivity contribution in [3.63, 3.8) is 0 Å². The Hall–Kier alpha value is -4.71. The van der Waals surface area contributed by atoms with Crippen molar-refractivity contribution in [3.8, 4) is 22.6 Å². The summed E-state index contributed by atoms with van der Waals surface area (Å²) in [6.45, 7) is 6.65. The first-order valence-corrected chi connectivity index (χ1v) is 17.4. The van der Waals surface area contributed by atoms with Crippen molar-refractivity contribution < 1.29 is 42.1 Å². The Morgan fingerprint density at radius 3 is 2.41 bits per heavy atom. The molecule has 1 saturated carbocycles. The van der Waals surface area contributed by atoms with Crippen LogP contribution < -0.4 is 19.3 Å². The van der Waals surface area contributed by atoms with Crippen LogP contribution in [0.15, 0.2) is 54.6 Å². The largest absolute Gasteiger partial charge is 0.497 e. The fraction of sp³-hybridized carbons (Fsp3) is 0.462. The van der Waals surface area contributed by atoms with Gasteiger partial charge in [-0.3, -0.25) is 9.59 Å². The minimum atomic E-state index is -0.762. The molecule has 2 atom stereocenters. The summed E-state index contributed by atoms with van der Waals surface area (Å²) in [4.78, 5) is 46.3. The number of fused-ring (bicyclic) bond motifs is 1. The van der Waals surface area contributed by atoms with Gasteiger partial charge >= 0.3 is 6.09 Å². The molecule has 3 aliphatic rings. The molecule has 272 valence electrons. The smallest absolute Gasteiger partial charge is 0.410 e. The molecule has 2 fully saturated rings. The van der Waals surface area contributed by atoms with Gasteiger partial charge in [0.25, 0.3) is 5.91 Å². The molecule has 10 nitrogen and oxygen atoms in total. The molecule has 12 heteroatoms. The zero-order chi connectivity index (χ0) is 36.4. The first-order valence-electron chi connectivity index (χ1n) is 17.4. The Morgan fingerprint density at radius 2 is 1.75 bits per heavy atom. The summed E-state index contributed by atoms with van der Waals surface area (Å²) >= 11 is 0. The van der Waals surface area contributed by atoms with E-state index in [1.165, 1.54) is 7.11 Å². The fourth-order valence-electron chi connectivity index (χ4n) is 6.94. The lowest BCUT2D eigenvalue weighted by molar-refractivity contribution is -0.124. The van der Waals surface area contributed by atoms with Crippen LogP contribution in [0.1, 0.15) is 57.9 Å². The van der Waals surface area contributed by atoms with Crippen molar-refractivity contribution >= 4 is 29.3 Å². The van der Waals surface area contributed by atoms with Gasteiger partial charge in [0.2, 0.25) is 5.91 Å². The van der Waals surface area contributed by atoms with E-state index < -0.39 is 29.2 Å². The molecule has 6 rings (SSSR count). The van der Waals surface area contributed by atoms with Crippen LogP contribution in [-0.2, 0) is 19.1 Å². The Morgan fingerprint density at radius 1 is 1.00 bits per heavy atom. The van der Waals surface area contributed by atoms with E-state index in [0.29, 0.717) is 55.2 Å². The van der Waals surface area contributed by atoms with Crippen LogP contribution in [0.25, 0.3) is 11.1 Å². The maximum absolute atomic E-state index is 15.2. The zero-order valence-corrected chi connectivity index (χ0v) is 29.7. The number of carbonyl (C=O) groups is 3. The molecule has 0 unspecified atom stereocenters. The third kappa shape index (κ3) is 7.96. The molecule has 51 heavy (non-hydrogen) atoms. The number of hydrogen-bond acceptors (Lipinski definition) is 7. The second-order valence-electron chi connectivity index (χ2n) is 14.3. The highest BCUT2D eigenvalue weighted by Crippen LogP contribution is 2.43. The van der Waals surface area contributed by atoms with Crippen LogP contribution in [0.5, 0.6) is 11.5 Å².